The van der Waals surface area contributed by atoms with Gasteiger partial charge >= 0.3 is 0 Å². The summed E-state index contributed by atoms with van der Waals surface area (Å²) in [7, 11) is 0. The molecule has 6 heavy (non-hydrogen) atoms. The molecule has 0 atom stereocenters. The van der Waals surface area contributed by atoms with E-state index in [1.165, 1.54) is 0 Å². The molecule has 0 aliphatic carbocycles. The molecule has 0 rings (SSSR count). The summed E-state index contributed by atoms with van der Waals surface area (Å²) >= 11 is 0. The van der Waals surface area contributed by atoms with Crippen LogP contribution in [0, 0.1) is 20.8 Å². The molecule has 0 N–H and O–H groups in total. The highest BCUT2D eigenvalue weighted by Gasteiger charge is 2.01. The molecule has 1 nitrogen and oxygen atoms in total. The lowest BCUT2D eigenvalue weighted by atomic mass is 10.1. The summed E-state index contributed by atoms with van der Waals surface area (Å²) in [6.07, 6.45) is 0. The van der Waals surface area contributed by atoms with Gasteiger partial charge in [-0.25, -0.2) is 0 Å². The largest absolute Gasteiger partial charge is 0.280 e. The Bertz CT molecular complexity index is 49.4. The summed E-state index contributed by atoms with van der Waals surface area (Å²) in [5, 5.41) is 0. The van der Waals surface area contributed by atoms with Crippen molar-refractivity contribution in [3.05, 3.63) is 20.8 Å². The Labute approximate surface area is 39.1 Å². The molecule has 0 aliphatic rings. The van der Waals surface area contributed by atoms with Crippen molar-refractivity contribution >= 4 is 6.72 Å². The fraction of sp³-hybridized carbons (Fsp3) is 0.200. The molecular weight excluding hydrogens is 74.1 g/mol. The highest BCUT2D eigenvalue weighted by atomic mass is 14.8. The Kier molecular flexibility index (Phi) is 1.23. The van der Waals surface area contributed by atoms with Crippen molar-refractivity contribution in [3.8, 4) is 0 Å². The fourth-order valence-corrected chi connectivity index (χ4v) is 0. The van der Waals surface area contributed by atoms with E-state index >= 15 is 0 Å². The normalized spacial score (nSPS) is 19.0. The zero-order chi connectivity index (χ0) is 5.21. The van der Waals surface area contributed by atoms with E-state index in [1.54, 1.807) is 0 Å². The Balaban J connectivity index is 3.45. The van der Waals surface area contributed by atoms with Crippen molar-refractivity contribution in [3.63, 3.8) is 0 Å². The van der Waals surface area contributed by atoms with Crippen LogP contribution in [0.25, 0.3) is 0 Å². The molecule has 0 aromatic carbocycles. The summed E-state index contributed by atoms with van der Waals surface area (Å²) in [5.41, 5.74) is -0.694. The number of nitrogens with zero attached hydrogens (tertiary/aromatic N) is 1. The minimum Gasteiger partial charge on any atom is -0.280 e. The predicted octanol–water partition coefficient (Wildman–Crippen LogP) is 0.928. The summed E-state index contributed by atoms with van der Waals surface area (Å²) < 4.78 is 0. The second kappa shape index (κ2) is 1.33. The van der Waals surface area contributed by atoms with Crippen molar-refractivity contribution in [2.24, 2.45) is 4.99 Å². The number of rotatable bonds is 1. The van der Waals surface area contributed by atoms with E-state index in [0.29, 0.717) is 0 Å². The lowest BCUT2D eigenvalue weighted by Gasteiger charge is -2.07. The minimum atomic E-state index is -0.694. The SMILES string of the molecule is [CH2]C([CH2+])([CH2-])N=C. The molecule has 33 valence electrons. The molecule has 0 aromatic heterocycles. The van der Waals surface area contributed by atoms with Gasteiger partial charge in [-0.2, -0.15) is 0 Å². The van der Waals surface area contributed by atoms with Gasteiger partial charge in [0.15, 0.2) is 0 Å². The number of aliphatic imine (C=N–C) groups is 1. The van der Waals surface area contributed by atoms with Gasteiger partial charge in [-0.3, -0.25) is 11.9 Å². The smallest absolute Gasteiger partial charge is 0.0749 e. The van der Waals surface area contributed by atoms with Gasteiger partial charge in [0.25, 0.3) is 0 Å². The first kappa shape index (κ1) is 5.54. The van der Waals surface area contributed by atoms with Crippen molar-refractivity contribution in [2.75, 3.05) is 0 Å². The van der Waals surface area contributed by atoms with Gasteiger partial charge in [-0.1, -0.05) is 0 Å². The van der Waals surface area contributed by atoms with Crippen LogP contribution in [0.4, 0.5) is 0 Å². The maximum atomic E-state index is 3.44. The first-order valence-corrected chi connectivity index (χ1v) is 1.60. The van der Waals surface area contributed by atoms with Crippen LogP contribution in [0.5, 0.6) is 0 Å². The Morgan fingerprint density at radius 3 is 2.00 bits per heavy atom. The van der Waals surface area contributed by atoms with Crippen molar-refractivity contribution in [2.45, 2.75) is 5.54 Å². The molecule has 0 heterocycles. The average Bonchev–Trinajstić information content (AvgIpc) is 1.35. The van der Waals surface area contributed by atoms with Gasteiger partial charge in [-0.15, -0.1) is 0 Å². The molecule has 0 saturated carbocycles. The first-order chi connectivity index (χ1) is 2.56. The van der Waals surface area contributed by atoms with E-state index in [0.717, 1.165) is 0 Å². The predicted molar refractivity (Wildman–Crippen MR) is 28.4 cm³/mol. The lowest BCUT2D eigenvalue weighted by molar-refractivity contribution is 0.822. The molecule has 0 amide bonds. The van der Waals surface area contributed by atoms with Crippen LogP contribution in [0.15, 0.2) is 4.99 Å². The van der Waals surface area contributed by atoms with Crippen LogP contribution >= 0.6 is 0 Å². The highest BCUT2D eigenvalue weighted by molar-refractivity contribution is 5.27. The molecule has 0 bridgehead atoms. The molecule has 1 heteroatoms. The monoisotopic (exact) mass is 82.1 g/mol. The van der Waals surface area contributed by atoms with Gasteiger partial charge in [0, 0.05) is 0 Å². The van der Waals surface area contributed by atoms with E-state index in [2.05, 4.69) is 32.5 Å². The summed E-state index contributed by atoms with van der Waals surface area (Å²) in [6.45, 7) is 13.5. The van der Waals surface area contributed by atoms with Crippen LogP contribution < -0.4 is 0 Å². The topological polar surface area (TPSA) is 12.4 Å². The van der Waals surface area contributed by atoms with Gasteiger partial charge < -0.3 is 0 Å². The van der Waals surface area contributed by atoms with Gasteiger partial charge in [0.2, 0.25) is 0 Å². The zero-order valence-corrected chi connectivity index (χ0v) is 3.78. The van der Waals surface area contributed by atoms with Gasteiger partial charge in [0.05, 0.1) is 12.5 Å². The van der Waals surface area contributed by atoms with E-state index in [-0.39, 0.29) is 0 Å². The summed E-state index contributed by atoms with van der Waals surface area (Å²) in [4.78, 5) is 3.44. The second-order valence-corrected chi connectivity index (χ2v) is 1.38. The van der Waals surface area contributed by atoms with E-state index in [4.69, 9.17) is 0 Å². The Hall–Kier alpha value is -0.460. The third kappa shape index (κ3) is 3.54. The molecule has 0 aliphatic heterocycles. The van der Waals surface area contributed by atoms with Gasteiger partial charge in [-0.05, 0) is 13.6 Å². The van der Waals surface area contributed by atoms with Crippen LogP contribution in [-0.2, 0) is 0 Å². The third-order valence-corrected chi connectivity index (χ3v) is 0.335. The molecular formula is C5H8N. The lowest BCUT2D eigenvalue weighted by Crippen LogP contribution is -2.09. The van der Waals surface area contributed by atoms with E-state index in [9.17, 15) is 0 Å². The maximum absolute atomic E-state index is 3.44. The maximum Gasteiger partial charge on any atom is 0.0749 e. The molecule has 0 fully saturated rings. The highest BCUT2D eigenvalue weighted by Crippen LogP contribution is 2.00. The molecule has 0 aromatic rings. The van der Waals surface area contributed by atoms with E-state index in [1.807, 2.05) is 0 Å². The second-order valence-electron chi connectivity index (χ2n) is 1.38. The molecule has 0 spiro atoms. The zero-order valence-electron chi connectivity index (χ0n) is 3.78. The number of hydrogen-bond donors (Lipinski definition) is 0. The van der Waals surface area contributed by atoms with Gasteiger partial charge in [0.1, 0.15) is 0 Å². The van der Waals surface area contributed by atoms with E-state index < -0.39 is 5.54 Å². The van der Waals surface area contributed by atoms with Crippen LogP contribution in [0.3, 0.4) is 0 Å². The summed E-state index contributed by atoms with van der Waals surface area (Å²) in [6, 6.07) is 0. The van der Waals surface area contributed by atoms with Crippen molar-refractivity contribution < 1.29 is 0 Å². The average molecular weight is 82.1 g/mol. The standard InChI is InChI=1S/C5H8N/c1-5(2,3)6-4/h1-4H2. The third-order valence-electron chi connectivity index (χ3n) is 0.335. The van der Waals surface area contributed by atoms with Crippen LogP contribution in [0.1, 0.15) is 0 Å². The molecule has 1 radical (unpaired) electrons. The molecule has 0 saturated heterocycles. The Morgan fingerprint density at radius 1 is 1.83 bits per heavy atom. The fourth-order valence-electron chi connectivity index (χ4n) is 0. The van der Waals surface area contributed by atoms with Crippen molar-refractivity contribution in [1.29, 1.82) is 0 Å². The quantitative estimate of drug-likeness (QED) is 0.329. The molecule has 0 unspecified atom stereocenters. The van der Waals surface area contributed by atoms with Crippen LogP contribution in [0.2, 0.25) is 0 Å². The number of hydrogen-bond acceptors (Lipinski definition) is 1. The minimum absolute atomic E-state index is 0.694. The van der Waals surface area contributed by atoms with Crippen LogP contribution in [-0.4, -0.2) is 12.3 Å². The summed E-state index contributed by atoms with van der Waals surface area (Å²) in [5.74, 6) is 0. The Morgan fingerprint density at radius 2 is 2.00 bits per heavy atom. The van der Waals surface area contributed by atoms with Crippen molar-refractivity contribution in [1.82, 2.24) is 0 Å². The first-order valence-electron chi connectivity index (χ1n) is 1.60.